The lowest BCUT2D eigenvalue weighted by atomic mass is 10.0. The van der Waals surface area contributed by atoms with Gasteiger partial charge >= 0.3 is 0 Å². The normalized spacial score (nSPS) is 11.6. The molecule has 0 bridgehead atoms. The molecule has 7 nitrogen and oxygen atoms in total. The fourth-order valence-electron chi connectivity index (χ4n) is 3.55. The standard InChI is InChI=1S/C23H19F4N5O2S/c1-3-32-12-15(13-8-9-29-20(28)10-13)23(30-32)21-17(26)6-7-18(22(21)27)31(2)35(33,34)19-11-14(24)4-5-16(19)25/h4-12H,3H2,1-2H3,(H2,28,29). The molecule has 4 rings (SSSR count). The lowest BCUT2D eigenvalue weighted by molar-refractivity contribution is 0.550. The third-order valence-corrected chi connectivity index (χ3v) is 7.14. The maximum Gasteiger partial charge on any atom is 0.267 e. The molecule has 2 N–H and O–H groups in total. The van der Waals surface area contributed by atoms with Gasteiger partial charge in [-0.1, -0.05) is 0 Å². The molecule has 0 aliphatic rings. The quantitative estimate of drug-likeness (QED) is 0.387. The first-order valence-corrected chi connectivity index (χ1v) is 11.7. The summed E-state index contributed by atoms with van der Waals surface area (Å²) in [6.07, 6.45) is 2.99. The van der Waals surface area contributed by atoms with Crippen LogP contribution in [0, 0.1) is 23.3 Å². The van der Waals surface area contributed by atoms with Gasteiger partial charge in [0.05, 0.1) is 11.3 Å². The summed E-state index contributed by atoms with van der Waals surface area (Å²) < 4.78 is 86.5. The number of hydrogen-bond acceptors (Lipinski definition) is 5. The number of aromatic nitrogens is 3. The molecule has 0 unspecified atom stereocenters. The van der Waals surface area contributed by atoms with Crippen LogP contribution in [0.5, 0.6) is 0 Å². The van der Waals surface area contributed by atoms with Crippen molar-refractivity contribution in [3.8, 4) is 22.4 Å². The van der Waals surface area contributed by atoms with E-state index in [1.165, 1.54) is 16.9 Å². The molecule has 0 fully saturated rings. The van der Waals surface area contributed by atoms with E-state index in [4.69, 9.17) is 5.73 Å². The van der Waals surface area contributed by atoms with Crippen molar-refractivity contribution in [2.24, 2.45) is 0 Å². The van der Waals surface area contributed by atoms with Gasteiger partial charge < -0.3 is 5.73 Å². The zero-order valence-electron chi connectivity index (χ0n) is 18.5. The molecule has 0 saturated carbocycles. The smallest absolute Gasteiger partial charge is 0.267 e. The topological polar surface area (TPSA) is 94.1 Å². The van der Waals surface area contributed by atoms with Crippen LogP contribution >= 0.6 is 0 Å². The Morgan fingerprint density at radius 2 is 1.74 bits per heavy atom. The van der Waals surface area contributed by atoms with E-state index in [0.29, 0.717) is 34.1 Å². The number of nitrogens with two attached hydrogens (primary N) is 1. The van der Waals surface area contributed by atoms with E-state index in [0.717, 1.165) is 25.2 Å². The highest BCUT2D eigenvalue weighted by molar-refractivity contribution is 7.92. The lowest BCUT2D eigenvalue weighted by Crippen LogP contribution is -2.28. The summed E-state index contributed by atoms with van der Waals surface area (Å²) in [5.74, 6) is -4.29. The third kappa shape index (κ3) is 4.32. The predicted octanol–water partition coefficient (Wildman–Crippen LogP) is 4.60. The molecular formula is C23H19F4N5O2S. The molecular weight excluding hydrogens is 486 g/mol. The number of nitrogens with zero attached hydrogens (tertiary/aromatic N) is 4. The Kier molecular flexibility index (Phi) is 6.24. The maximum atomic E-state index is 15.8. The van der Waals surface area contributed by atoms with E-state index in [1.54, 1.807) is 19.2 Å². The second-order valence-electron chi connectivity index (χ2n) is 7.52. The zero-order valence-corrected chi connectivity index (χ0v) is 19.3. The van der Waals surface area contributed by atoms with Gasteiger partial charge in [-0.2, -0.15) is 5.10 Å². The highest BCUT2D eigenvalue weighted by atomic mass is 32.2. The molecule has 0 radical (unpaired) electrons. The summed E-state index contributed by atoms with van der Waals surface area (Å²) >= 11 is 0. The van der Waals surface area contributed by atoms with Gasteiger partial charge in [0.1, 0.15) is 33.9 Å². The molecule has 2 aromatic heterocycles. The molecule has 0 aliphatic carbocycles. The summed E-state index contributed by atoms with van der Waals surface area (Å²) in [6, 6.07) is 6.73. The van der Waals surface area contributed by atoms with E-state index in [9.17, 15) is 17.2 Å². The van der Waals surface area contributed by atoms with E-state index in [2.05, 4.69) is 10.1 Å². The van der Waals surface area contributed by atoms with Crippen LogP contribution in [0.15, 0.2) is 59.8 Å². The van der Waals surface area contributed by atoms with Gasteiger partial charge in [0.25, 0.3) is 10.0 Å². The second-order valence-corrected chi connectivity index (χ2v) is 9.46. The first kappa shape index (κ1) is 24.2. The minimum Gasteiger partial charge on any atom is -0.384 e. The van der Waals surface area contributed by atoms with Crippen LogP contribution in [-0.2, 0) is 16.6 Å². The van der Waals surface area contributed by atoms with Crippen molar-refractivity contribution in [3.05, 3.63) is 78.1 Å². The Morgan fingerprint density at radius 1 is 1.03 bits per heavy atom. The largest absolute Gasteiger partial charge is 0.384 e. The van der Waals surface area contributed by atoms with Gasteiger partial charge in [-0.15, -0.1) is 0 Å². The number of hydrogen-bond donors (Lipinski definition) is 1. The Labute approximate surface area is 198 Å². The van der Waals surface area contributed by atoms with Crippen molar-refractivity contribution < 1.29 is 26.0 Å². The molecule has 0 amide bonds. The zero-order chi connectivity index (χ0) is 25.5. The van der Waals surface area contributed by atoms with Gasteiger partial charge in [-0.25, -0.2) is 31.0 Å². The van der Waals surface area contributed by atoms with Crippen molar-refractivity contribution in [1.29, 1.82) is 0 Å². The highest BCUT2D eigenvalue weighted by Crippen LogP contribution is 2.38. The van der Waals surface area contributed by atoms with Gasteiger partial charge in [-0.3, -0.25) is 8.99 Å². The molecule has 35 heavy (non-hydrogen) atoms. The van der Waals surface area contributed by atoms with Crippen LogP contribution in [0.3, 0.4) is 0 Å². The lowest BCUT2D eigenvalue weighted by Gasteiger charge is -2.21. The molecule has 0 aliphatic heterocycles. The molecule has 12 heteroatoms. The van der Waals surface area contributed by atoms with Crippen LogP contribution in [0.4, 0.5) is 29.1 Å². The Bertz CT molecular complexity index is 1540. The van der Waals surface area contributed by atoms with E-state index >= 15 is 8.78 Å². The number of anilines is 2. The fourth-order valence-corrected chi connectivity index (χ4v) is 4.82. The molecule has 4 aromatic rings. The van der Waals surface area contributed by atoms with Crippen molar-refractivity contribution in [3.63, 3.8) is 0 Å². The molecule has 0 saturated heterocycles. The first-order chi connectivity index (χ1) is 16.5. The number of aryl methyl sites for hydroxylation is 1. The number of rotatable bonds is 6. The first-order valence-electron chi connectivity index (χ1n) is 10.3. The van der Waals surface area contributed by atoms with Crippen LogP contribution in [-0.4, -0.2) is 30.2 Å². The number of halogens is 4. The molecule has 2 heterocycles. The van der Waals surface area contributed by atoms with Crippen molar-refractivity contribution in [2.75, 3.05) is 17.1 Å². The van der Waals surface area contributed by atoms with Crippen molar-refractivity contribution in [1.82, 2.24) is 14.8 Å². The molecule has 2 aromatic carbocycles. The van der Waals surface area contributed by atoms with Crippen molar-refractivity contribution in [2.45, 2.75) is 18.4 Å². The van der Waals surface area contributed by atoms with E-state index in [1.807, 2.05) is 0 Å². The highest BCUT2D eigenvalue weighted by Gasteiger charge is 2.30. The van der Waals surface area contributed by atoms with Gasteiger partial charge in [0, 0.05) is 31.5 Å². The minimum absolute atomic E-state index is 0.1000. The third-order valence-electron chi connectivity index (χ3n) is 5.36. The van der Waals surface area contributed by atoms with Crippen molar-refractivity contribution >= 4 is 21.5 Å². The predicted molar refractivity (Wildman–Crippen MR) is 123 cm³/mol. The SMILES string of the molecule is CCn1cc(-c2ccnc(N)c2)c(-c2c(F)ccc(N(C)S(=O)(=O)c3cc(F)ccc3F)c2F)n1. The van der Waals surface area contributed by atoms with Gasteiger partial charge in [0.2, 0.25) is 0 Å². The van der Waals surface area contributed by atoms with E-state index < -0.39 is 49.4 Å². The Balaban J connectivity index is 1.90. The summed E-state index contributed by atoms with van der Waals surface area (Å²) in [7, 11) is -3.79. The van der Waals surface area contributed by atoms with Crippen LogP contribution in [0.25, 0.3) is 22.4 Å². The monoisotopic (exact) mass is 505 g/mol. The Morgan fingerprint density at radius 3 is 2.43 bits per heavy atom. The average Bonchev–Trinajstić information content (AvgIpc) is 3.24. The number of nitrogen functional groups attached to an aromatic ring is 1. The van der Waals surface area contributed by atoms with Crippen LogP contribution < -0.4 is 10.0 Å². The van der Waals surface area contributed by atoms with Crippen LogP contribution in [0.2, 0.25) is 0 Å². The fraction of sp³-hybridized carbons (Fsp3) is 0.130. The number of benzene rings is 2. The molecule has 0 spiro atoms. The minimum atomic E-state index is -4.74. The summed E-state index contributed by atoms with van der Waals surface area (Å²) in [5, 5.41) is 4.27. The van der Waals surface area contributed by atoms with Gasteiger partial charge in [0.15, 0.2) is 5.82 Å². The average molecular weight is 505 g/mol. The van der Waals surface area contributed by atoms with E-state index in [-0.39, 0.29) is 11.5 Å². The number of pyridine rings is 1. The Hall–Kier alpha value is -3.93. The molecule has 182 valence electrons. The molecule has 0 atom stereocenters. The summed E-state index contributed by atoms with van der Waals surface area (Å²) in [6.45, 7) is 2.15. The van der Waals surface area contributed by atoms with Crippen LogP contribution in [0.1, 0.15) is 6.92 Å². The number of sulfonamides is 1. The van der Waals surface area contributed by atoms with Gasteiger partial charge in [-0.05, 0) is 55.0 Å². The second kappa shape index (κ2) is 9.02. The summed E-state index contributed by atoms with van der Waals surface area (Å²) in [4.78, 5) is 2.92. The summed E-state index contributed by atoms with van der Waals surface area (Å²) in [5.41, 5.74) is 5.29. The maximum absolute atomic E-state index is 15.8.